The number of ether oxygens (including phenoxy) is 1. The topological polar surface area (TPSA) is 100 Å². The van der Waals surface area contributed by atoms with E-state index in [1.807, 2.05) is 18.2 Å². The van der Waals surface area contributed by atoms with Gasteiger partial charge in [-0.05, 0) is 24.6 Å². The molecule has 2 aliphatic heterocycles. The molecule has 4 rings (SSSR count). The first kappa shape index (κ1) is 20.2. The Balaban J connectivity index is 1.61. The third-order valence-corrected chi connectivity index (χ3v) is 5.35. The summed E-state index contributed by atoms with van der Waals surface area (Å²) in [5.41, 5.74) is 3.20. The Bertz CT molecular complexity index is 964. The van der Waals surface area contributed by atoms with Crippen molar-refractivity contribution in [2.75, 3.05) is 33.4 Å². The van der Waals surface area contributed by atoms with Gasteiger partial charge < -0.3 is 20.1 Å². The zero-order valence-electron chi connectivity index (χ0n) is 17.3. The monoisotopic (exact) mass is 409 g/mol. The number of nitrogens with zero attached hydrogens (tertiary/aromatic N) is 6. The van der Waals surface area contributed by atoms with Gasteiger partial charge in [-0.25, -0.2) is 0 Å². The van der Waals surface area contributed by atoms with E-state index in [0.29, 0.717) is 23.6 Å². The molecule has 1 atom stereocenters. The van der Waals surface area contributed by atoms with Gasteiger partial charge in [-0.15, -0.1) is 10.2 Å². The number of aromatic nitrogens is 3. The lowest BCUT2D eigenvalue weighted by atomic mass is 10.0. The number of benzene rings is 1. The fourth-order valence-corrected chi connectivity index (χ4v) is 3.74. The van der Waals surface area contributed by atoms with Crippen molar-refractivity contribution in [2.45, 2.75) is 25.8 Å². The highest BCUT2D eigenvalue weighted by Gasteiger charge is 2.24. The van der Waals surface area contributed by atoms with Crippen molar-refractivity contribution in [3.05, 3.63) is 47.8 Å². The summed E-state index contributed by atoms with van der Waals surface area (Å²) in [5.74, 6) is 1.08. The quantitative estimate of drug-likeness (QED) is 0.780. The van der Waals surface area contributed by atoms with E-state index in [2.05, 4.69) is 37.5 Å². The summed E-state index contributed by atoms with van der Waals surface area (Å²) < 4.78 is 5.30. The second-order valence-electron chi connectivity index (χ2n) is 7.41. The van der Waals surface area contributed by atoms with Crippen LogP contribution in [-0.2, 0) is 4.74 Å². The number of methoxy groups -OCH3 is 1. The van der Waals surface area contributed by atoms with Crippen molar-refractivity contribution >= 4 is 11.5 Å². The summed E-state index contributed by atoms with van der Waals surface area (Å²) in [7, 11) is 1.72. The molecule has 2 aromatic rings. The fraction of sp³-hybridized carbons (Fsp3) is 0.429. The lowest BCUT2D eigenvalue weighted by Gasteiger charge is -2.35. The second-order valence-corrected chi connectivity index (χ2v) is 7.41. The van der Waals surface area contributed by atoms with Crippen molar-refractivity contribution in [3.63, 3.8) is 0 Å². The smallest absolute Gasteiger partial charge is 0.131 e. The Hall–Kier alpha value is -3.04. The number of allylic oxidation sites excluding steroid dienone is 1. The van der Waals surface area contributed by atoms with Gasteiger partial charge in [0.1, 0.15) is 11.6 Å². The molecule has 1 aromatic heterocycles. The molecule has 0 unspecified atom stereocenters. The standard InChI is InChI=1S/C21H27N7O2/c1-3-15-10-19(18-5-4-17(12-20(18)29)28-23-6-7-24-28)25-26-21(11-15)27-9-8-22-16(13-27)14-30-2/h4-7,10,12,16,22,29H,3,8-9,11,13-14H2,1-2H3/t16-/m0/s1. The minimum atomic E-state index is 0.122. The first-order valence-electron chi connectivity index (χ1n) is 10.2. The maximum Gasteiger partial charge on any atom is 0.131 e. The normalized spacial score (nSPS) is 19.7. The van der Waals surface area contributed by atoms with Gasteiger partial charge in [-0.3, -0.25) is 0 Å². The largest absolute Gasteiger partial charge is 0.507 e. The van der Waals surface area contributed by atoms with Crippen LogP contribution in [0.5, 0.6) is 5.75 Å². The van der Waals surface area contributed by atoms with Gasteiger partial charge in [0.25, 0.3) is 0 Å². The molecule has 3 heterocycles. The van der Waals surface area contributed by atoms with Crippen LogP contribution < -0.4 is 5.32 Å². The summed E-state index contributed by atoms with van der Waals surface area (Å²) in [6, 6.07) is 5.60. The number of phenols is 1. The zero-order valence-corrected chi connectivity index (χ0v) is 17.3. The van der Waals surface area contributed by atoms with Gasteiger partial charge >= 0.3 is 0 Å². The zero-order chi connectivity index (χ0) is 20.9. The van der Waals surface area contributed by atoms with Crippen molar-refractivity contribution in [1.82, 2.24) is 25.2 Å². The van der Waals surface area contributed by atoms with Crippen LogP contribution in [0, 0.1) is 0 Å². The summed E-state index contributed by atoms with van der Waals surface area (Å²) >= 11 is 0. The molecular weight excluding hydrogens is 382 g/mol. The first-order chi connectivity index (χ1) is 14.7. The lowest BCUT2D eigenvalue weighted by Crippen LogP contribution is -2.54. The molecule has 0 saturated carbocycles. The Labute approximate surface area is 175 Å². The number of aromatic hydroxyl groups is 1. The van der Waals surface area contributed by atoms with Crippen LogP contribution in [0.3, 0.4) is 0 Å². The number of rotatable bonds is 5. The number of piperazine rings is 1. The molecule has 158 valence electrons. The number of amidine groups is 1. The van der Waals surface area contributed by atoms with Crippen molar-refractivity contribution in [2.24, 2.45) is 10.2 Å². The van der Waals surface area contributed by atoms with Crippen LogP contribution in [-0.4, -0.2) is 75.9 Å². The molecule has 9 nitrogen and oxygen atoms in total. The third kappa shape index (κ3) is 4.42. The Kier molecular flexibility index (Phi) is 6.20. The maximum atomic E-state index is 10.6. The van der Waals surface area contributed by atoms with Gasteiger partial charge in [0, 0.05) is 50.8 Å². The summed E-state index contributed by atoms with van der Waals surface area (Å²) in [4.78, 5) is 3.74. The van der Waals surface area contributed by atoms with E-state index >= 15 is 0 Å². The molecule has 0 spiro atoms. The summed E-state index contributed by atoms with van der Waals surface area (Å²) in [6.45, 7) is 5.41. The highest BCUT2D eigenvalue weighted by Crippen LogP contribution is 2.25. The Morgan fingerprint density at radius 2 is 2.07 bits per heavy atom. The van der Waals surface area contributed by atoms with Gasteiger partial charge in [0.15, 0.2) is 0 Å². The molecule has 1 fully saturated rings. The molecule has 9 heteroatoms. The SMILES string of the molecule is CCC1=CC(c2ccc(-n3nccn3)cc2O)=NN=C(N2CCN[C@H](COC)C2)C1. The minimum Gasteiger partial charge on any atom is -0.507 e. The summed E-state index contributed by atoms with van der Waals surface area (Å²) in [6.07, 6.45) is 6.87. The molecule has 1 saturated heterocycles. The molecule has 30 heavy (non-hydrogen) atoms. The van der Waals surface area contributed by atoms with Crippen molar-refractivity contribution < 1.29 is 9.84 Å². The van der Waals surface area contributed by atoms with Gasteiger partial charge in [-0.1, -0.05) is 12.5 Å². The average molecular weight is 409 g/mol. The number of hydrogen-bond donors (Lipinski definition) is 2. The summed E-state index contributed by atoms with van der Waals surface area (Å²) in [5, 5.41) is 31.4. The molecule has 1 aromatic carbocycles. The predicted molar refractivity (Wildman–Crippen MR) is 115 cm³/mol. The van der Waals surface area contributed by atoms with Crippen LogP contribution in [0.25, 0.3) is 5.69 Å². The van der Waals surface area contributed by atoms with Gasteiger partial charge in [0.05, 0.1) is 30.4 Å². The highest BCUT2D eigenvalue weighted by atomic mass is 16.5. The fourth-order valence-electron chi connectivity index (χ4n) is 3.74. The molecule has 0 amide bonds. The lowest BCUT2D eigenvalue weighted by molar-refractivity contribution is 0.139. The minimum absolute atomic E-state index is 0.122. The third-order valence-electron chi connectivity index (χ3n) is 5.35. The molecule has 2 aliphatic rings. The number of nitrogens with one attached hydrogen (secondary N) is 1. The van der Waals surface area contributed by atoms with E-state index in [-0.39, 0.29) is 11.8 Å². The molecule has 0 aliphatic carbocycles. The Morgan fingerprint density at radius 1 is 1.23 bits per heavy atom. The van der Waals surface area contributed by atoms with Crippen LogP contribution in [0.15, 0.2) is 52.4 Å². The van der Waals surface area contributed by atoms with E-state index < -0.39 is 0 Å². The first-order valence-corrected chi connectivity index (χ1v) is 10.2. The highest BCUT2D eigenvalue weighted by molar-refractivity contribution is 6.12. The second kappa shape index (κ2) is 9.19. The van der Waals surface area contributed by atoms with E-state index in [1.54, 1.807) is 25.6 Å². The van der Waals surface area contributed by atoms with Gasteiger partial charge in [0.2, 0.25) is 0 Å². The van der Waals surface area contributed by atoms with E-state index in [9.17, 15) is 5.11 Å². The van der Waals surface area contributed by atoms with Crippen LogP contribution in [0.2, 0.25) is 0 Å². The van der Waals surface area contributed by atoms with Crippen molar-refractivity contribution in [1.29, 1.82) is 0 Å². The molecule has 0 radical (unpaired) electrons. The number of phenolic OH excluding ortho intramolecular Hbond substituents is 1. The molecule has 0 bridgehead atoms. The van der Waals surface area contributed by atoms with Crippen LogP contribution in [0.1, 0.15) is 25.3 Å². The van der Waals surface area contributed by atoms with Crippen molar-refractivity contribution in [3.8, 4) is 11.4 Å². The van der Waals surface area contributed by atoms with Crippen LogP contribution >= 0.6 is 0 Å². The molecule has 2 N–H and O–H groups in total. The van der Waals surface area contributed by atoms with Gasteiger partial charge in [-0.2, -0.15) is 15.0 Å². The maximum absolute atomic E-state index is 10.6. The Morgan fingerprint density at radius 3 is 2.80 bits per heavy atom. The van der Waals surface area contributed by atoms with E-state index in [0.717, 1.165) is 38.3 Å². The van der Waals surface area contributed by atoms with Crippen LogP contribution in [0.4, 0.5) is 0 Å². The van der Waals surface area contributed by atoms with E-state index in [1.165, 1.54) is 10.4 Å². The molecular formula is C21H27N7O2. The van der Waals surface area contributed by atoms with E-state index in [4.69, 9.17) is 4.74 Å². The number of hydrogen-bond acceptors (Lipinski definition) is 8. The average Bonchev–Trinajstić information content (AvgIpc) is 3.21. The predicted octanol–water partition coefficient (Wildman–Crippen LogP) is 1.74.